The van der Waals surface area contributed by atoms with Crippen LogP contribution < -0.4 is 10.1 Å². The van der Waals surface area contributed by atoms with E-state index in [9.17, 15) is 0 Å². The van der Waals surface area contributed by atoms with Gasteiger partial charge in [0.15, 0.2) is 0 Å². The van der Waals surface area contributed by atoms with E-state index >= 15 is 0 Å². The van der Waals surface area contributed by atoms with E-state index in [-0.39, 0.29) is 12.1 Å². The van der Waals surface area contributed by atoms with Gasteiger partial charge < -0.3 is 10.1 Å². The van der Waals surface area contributed by atoms with Gasteiger partial charge in [-0.3, -0.25) is 0 Å². The molecule has 2 nitrogen and oxygen atoms in total. The first-order valence-corrected chi connectivity index (χ1v) is 7.59. The lowest BCUT2D eigenvalue weighted by Crippen LogP contribution is -2.17. The van der Waals surface area contributed by atoms with Crippen LogP contribution in [0.2, 0.25) is 5.02 Å². The summed E-state index contributed by atoms with van der Waals surface area (Å²) in [4.78, 5) is 0. The quantitative estimate of drug-likeness (QED) is 0.861. The Labute approximate surface area is 132 Å². The number of hydrogen-bond donors (Lipinski definition) is 1. The Hall–Kier alpha value is -1.51. The molecule has 112 valence electrons. The van der Waals surface area contributed by atoms with Crippen molar-refractivity contribution in [2.45, 2.75) is 32.9 Å². The Morgan fingerprint density at radius 3 is 2.14 bits per heavy atom. The van der Waals surface area contributed by atoms with Crippen molar-refractivity contribution in [1.29, 1.82) is 0 Å². The fraction of sp³-hybridized carbons (Fsp3) is 0.333. The van der Waals surface area contributed by atoms with Crippen molar-refractivity contribution in [3.8, 4) is 5.75 Å². The molecule has 0 heterocycles. The molecule has 0 saturated carbocycles. The summed E-state index contributed by atoms with van der Waals surface area (Å²) in [7, 11) is 1.97. The summed E-state index contributed by atoms with van der Waals surface area (Å²) >= 11 is 6.11. The van der Waals surface area contributed by atoms with Crippen LogP contribution in [0.5, 0.6) is 5.75 Å². The summed E-state index contributed by atoms with van der Waals surface area (Å²) in [5.41, 5.74) is 3.50. The first-order valence-electron chi connectivity index (χ1n) is 7.21. The molecular formula is C18H22ClNO. The molecule has 3 heteroatoms. The standard InChI is InChI=1S/C18H22ClNO/c1-12(2)21-16-8-5-14(6-9-16)18(20-4)15-7-10-17(19)13(3)11-15/h5-12,18,20H,1-4H3. The third-order valence-electron chi connectivity index (χ3n) is 3.39. The van der Waals surface area contributed by atoms with Gasteiger partial charge in [0.2, 0.25) is 0 Å². The summed E-state index contributed by atoms with van der Waals surface area (Å²) in [5, 5.41) is 4.16. The maximum atomic E-state index is 6.11. The van der Waals surface area contributed by atoms with Crippen molar-refractivity contribution in [1.82, 2.24) is 5.32 Å². The average molecular weight is 304 g/mol. The van der Waals surface area contributed by atoms with Gasteiger partial charge in [-0.25, -0.2) is 0 Å². The molecule has 0 aliphatic rings. The molecule has 0 bridgehead atoms. The summed E-state index contributed by atoms with van der Waals surface area (Å²) in [6, 6.07) is 14.5. The third kappa shape index (κ3) is 3.99. The summed E-state index contributed by atoms with van der Waals surface area (Å²) in [6.07, 6.45) is 0.190. The number of rotatable bonds is 5. The molecule has 0 aromatic heterocycles. The fourth-order valence-electron chi connectivity index (χ4n) is 2.38. The van der Waals surface area contributed by atoms with Crippen molar-refractivity contribution < 1.29 is 4.74 Å². The van der Waals surface area contributed by atoms with Crippen molar-refractivity contribution in [2.24, 2.45) is 0 Å². The minimum atomic E-state index is 0.147. The van der Waals surface area contributed by atoms with E-state index in [4.69, 9.17) is 16.3 Å². The Morgan fingerprint density at radius 1 is 1.00 bits per heavy atom. The van der Waals surface area contributed by atoms with Crippen LogP contribution in [-0.4, -0.2) is 13.2 Å². The average Bonchev–Trinajstić information content (AvgIpc) is 2.45. The fourth-order valence-corrected chi connectivity index (χ4v) is 2.50. The SMILES string of the molecule is CNC(c1ccc(OC(C)C)cc1)c1ccc(Cl)c(C)c1. The van der Waals surface area contributed by atoms with Gasteiger partial charge in [-0.05, 0) is 62.7 Å². The van der Waals surface area contributed by atoms with Crippen LogP contribution in [0, 0.1) is 6.92 Å². The second kappa shape index (κ2) is 6.97. The molecule has 0 radical (unpaired) electrons. The molecular weight excluding hydrogens is 282 g/mol. The van der Waals surface area contributed by atoms with Gasteiger partial charge in [-0.15, -0.1) is 0 Å². The van der Waals surface area contributed by atoms with Gasteiger partial charge in [0.1, 0.15) is 5.75 Å². The molecule has 0 spiro atoms. The molecule has 1 N–H and O–H groups in total. The zero-order valence-corrected chi connectivity index (χ0v) is 13.7. The highest BCUT2D eigenvalue weighted by atomic mass is 35.5. The van der Waals surface area contributed by atoms with E-state index in [0.717, 1.165) is 16.3 Å². The van der Waals surface area contributed by atoms with Gasteiger partial charge in [0.05, 0.1) is 12.1 Å². The van der Waals surface area contributed by atoms with Gasteiger partial charge in [0, 0.05) is 5.02 Å². The number of ether oxygens (including phenoxy) is 1. The minimum Gasteiger partial charge on any atom is -0.491 e. The number of aryl methyl sites for hydroxylation is 1. The highest BCUT2D eigenvalue weighted by molar-refractivity contribution is 6.31. The second-order valence-electron chi connectivity index (χ2n) is 5.47. The van der Waals surface area contributed by atoms with Crippen LogP contribution >= 0.6 is 11.6 Å². The van der Waals surface area contributed by atoms with E-state index in [2.05, 4.69) is 29.6 Å². The Bertz CT molecular complexity index is 593. The van der Waals surface area contributed by atoms with Gasteiger partial charge in [-0.1, -0.05) is 35.9 Å². The van der Waals surface area contributed by atoms with E-state index < -0.39 is 0 Å². The maximum Gasteiger partial charge on any atom is 0.119 e. The molecule has 2 aromatic rings. The van der Waals surface area contributed by atoms with Crippen LogP contribution in [0.25, 0.3) is 0 Å². The van der Waals surface area contributed by atoms with Crippen LogP contribution in [-0.2, 0) is 0 Å². The molecule has 2 rings (SSSR count). The van der Waals surface area contributed by atoms with Crippen molar-refractivity contribution in [3.05, 3.63) is 64.2 Å². The van der Waals surface area contributed by atoms with Crippen LogP contribution in [0.15, 0.2) is 42.5 Å². The summed E-state index contributed by atoms with van der Waals surface area (Å²) < 4.78 is 5.69. The van der Waals surface area contributed by atoms with E-state index in [0.29, 0.717) is 0 Å². The van der Waals surface area contributed by atoms with Crippen molar-refractivity contribution in [2.75, 3.05) is 7.05 Å². The van der Waals surface area contributed by atoms with Crippen LogP contribution in [0.4, 0.5) is 0 Å². The molecule has 0 aliphatic carbocycles. The van der Waals surface area contributed by atoms with Gasteiger partial charge in [0.25, 0.3) is 0 Å². The lowest BCUT2D eigenvalue weighted by molar-refractivity contribution is 0.242. The molecule has 0 aliphatic heterocycles. The summed E-state index contributed by atoms with van der Waals surface area (Å²) in [5.74, 6) is 0.899. The molecule has 2 aromatic carbocycles. The molecule has 21 heavy (non-hydrogen) atoms. The normalized spacial score (nSPS) is 12.5. The Balaban J connectivity index is 2.26. The van der Waals surface area contributed by atoms with Gasteiger partial charge in [-0.2, -0.15) is 0 Å². The molecule has 1 atom stereocenters. The number of benzene rings is 2. The topological polar surface area (TPSA) is 21.3 Å². The lowest BCUT2D eigenvalue weighted by atomic mass is 9.97. The van der Waals surface area contributed by atoms with Crippen molar-refractivity contribution in [3.63, 3.8) is 0 Å². The number of nitrogens with one attached hydrogen (secondary N) is 1. The number of hydrogen-bond acceptors (Lipinski definition) is 2. The lowest BCUT2D eigenvalue weighted by Gasteiger charge is -2.19. The highest BCUT2D eigenvalue weighted by Gasteiger charge is 2.13. The minimum absolute atomic E-state index is 0.147. The first-order chi connectivity index (χ1) is 10.0. The predicted molar refractivity (Wildman–Crippen MR) is 89.3 cm³/mol. The van der Waals surface area contributed by atoms with Crippen LogP contribution in [0.3, 0.4) is 0 Å². The Kier molecular flexibility index (Phi) is 5.27. The zero-order chi connectivity index (χ0) is 15.4. The maximum absolute atomic E-state index is 6.11. The molecule has 0 amide bonds. The smallest absolute Gasteiger partial charge is 0.119 e. The van der Waals surface area contributed by atoms with Crippen LogP contribution in [0.1, 0.15) is 36.6 Å². The zero-order valence-electron chi connectivity index (χ0n) is 13.0. The Morgan fingerprint density at radius 2 is 1.62 bits per heavy atom. The van der Waals surface area contributed by atoms with E-state index in [1.54, 1.807) is 0 Å². The second-order valence-corrected chi connectivity index (χ2v) is 5.87. The van der Waals surface area contributed by atoms with Crippen molar-refractivity contribution >= 4 is 11.6 Å². The monoisotopic (exact) mass is 303 g/mol. The molecule has 0 saturated heterocycles. The number of halogens is 1. The largest absolute Gasteiger partial charge is 0.491 e. The predicted octanol–water partition coefficient (Wildman–Crippen LogP) is 4.74. The van der Waals surface area contributed by atoms with E-state index in [1.165, 1.54) is 11.1 Å². The summed E-state index contributed by atoms with van der Waals surface area (Å²) in [6.45, 7) is 6.08. The van der Waals surface area contributed by atoms with Gasteiger partial charge >= 0.3 is 0 Å². The first kappa shape index (κ1) is 15.9. The highest BCUT2D eigenvalue weighted by Crippen LogP contribution is 2.27. The third-order valence-corrected chi connectivity index (χ3v) is 3.81. The molecule has 0 fully saturated rings. The molecule has 1 unspecified atom stereocenters. The van der Waals surface area contributed by atoms with E-state index in [1.807, 2.05) is 46.0 Å².